The van der Waals surface area contributed by atoms with Gasteiger partial charge in [-0.15, -0.1) is 0 Å². The van der Waals surface area contributed by atoms with Gasteiger partial charge < -0.3 is 20.9 Å². The van der Waals surface area contributed by atoms with E-state index in [0.717, 1.165) is 38.1 Å². The Morgan fingerprint density at radius 3 is 2.69 bits per heavy atom. The smallest absolute Gasteiger partial charge is 0.319 e. The van der Waals surface area contributed by atoms with Gasteiger partial charge >= 0.3 is 6.03 Å². The van der Waals surface area contributed by atoms with E-state index in [9.17, 15) is 23.2 Å². The van der Waals surface area contributed by atoms with Gasteiger partial charge in [0.25, 0.3) is 0 Å². The second-order valence-corrected chi connectivity index (χ2v) is 8.75. The number of likely N-dealkylation sites (tertiary alicyclic amines) is 1. The van der Waals surface area contributed by atoms with Crippen LogP contribution in [0.3, 0.4) is 0 Å². The molecule has 0 radical (unpaired) electrons. The van der Waals surface area contributed by atoms with Crippen molar-refractivity contribution in [3.63, 3.8) is 0 Å². The molecule has 3 atom stereocenters. The number of amides is 4. The van der Waals surface area contributed by atoms with Crippen LogP contribution in [-0.2, 0) is 9.59 Å². The minimum Gasteiger partial charge on any atom is -0.353 e. The van der Waals surface area contributed by atoms with Crippen LogP contribution in [0.5, 0.6) is 0 Å². The second-order valence-electron chi connectivity index (χ2n) is 8.75. The van der Waals surface area contributed by atoms with Crippen LogP contribution < -0.4 is 16.0 Å². The maximum absolute atomic E-state index is 13.8. The van der Waals surface area contributed by atoms with Crippen molar-refractivity contribution in [3.05, 3.63) is 29.8 Å². The molecule has 10 heteroatoms. The van der Waals surface area contributed by atoms with E-state index in [1.807, 2.05) is 4.90 Å². The monoisotopic (exact) mass is 449 g/mol. The lowest BCUT2D eigenvalue weighted by atomic mass is 10.0. The first-order chi connectivity index (χ1) is 15.4. The molecule has 3 aliphatic rings. The fourth-order valence-electron chi connectivity index (χ4n) is 4.87. The highest BCUT2D eigenvalue weighted by Crippen LogP contribution is 2.26. The average molecular weight is 450 g/mol. The molecule has 3 fully saturated rings. The Bertz CT molecular complexity index is 877. The molecule has 1 aromatic rings. The van der Waals surface area contributed by atoms with Crippen molar-refractivity contribution < 1.29 is 23.2 Å². The van der Waals surface area contributed by atoms with Crippen LogP contribution >= 0.6 is 0 Å². The summed E-state index contributed by atoms with van der Waals surface area (Å²) in [6.07, 6.45) is 4.79. The number of carbonyl (C=O) groups is 3. The Kier molecular flexibility index (Phi) is 6.88. The summed E-state index contributed by atoms with van der Waals surface area (Å²) in [4.78, 5) is 41.2. The molecule has 174 valence electrons. The molecule has 0 bridgehead atoms. The third-order valence-corrected chi connectivity index (χ3v) is 6.54. The predicted octanol–water partition coefficient (Wildman–Crippen LogP) is 1.82. The Hall–Kier alpha value is -2.75. The standard InChI is InChI=1S/C22H29F2N5O3/c23-14-4-6-18(17(24)10-14)27-22(32)26-15-11-19-21(31)25-12-16(29(19)13-15)5-7-20(30)28-8-2-1-3-9-28/h4,6,10,15-16,19H,1-3,5,7-9,11-13H2,(H,25,31)(H2,26,27,32)/t15-,16-,19+/m1/s1. The number of halogens is 2. The summed E-state index contributed by atoms with van der Waals surface area (Å²) in [5.41, 5.74) is -0.119. The number of benzene rings is 1. The molecule has 8 nitrogen and oxygen atoms in total. The summed E-state index contributed by atoms with van der Waals surface area (Å²) < 4.78 is 26.8. The summed E-state index contributed by atoms with van der Waals surface area (Å²) in [6, 6.07) is 1.67. The molecule has 3 heterocycles. The molecule has 0 unspecified atom stereocenters. The molecule has 0 aliphatic carbocycles. The molecular formula is C22H29F2N5O3. The van der Waals surface area contributed by atoms with E-state index in [1.54, 1.807) is 0 Å². The summed E-state index contributed by atoms with van der Waals surface area (Å²) in [7, 11) is 0. The van der Waals surface area contributed by atoms with Crippen molar-refractivity contribution in [2.75, 3.05) is 31.5 Å². The number of anilines is 1. The van der Waals surface area contributed by atoms with Gasteiger partial charge in [0.15, 0.2) is 0 Å². The van der Waals surface area contributed by atoms with Crippen LogP contribution in [-0.4, -0.2) is 71.9 Å². The fraction of sp³-hybridized carbons (Fsp3) is 0.591. The number of carbonyl (C=O) groups excluding carboxylic acids is 3. The van der Waals surface area contributed by atoms with Gasteiger partial charge in [-0.1, -0.05) is 0 Å². The molecule has 0 spiro atoms. The van der Waals surface area contributed by atoms with Crippen molar-refractivity contribution in [2.45, 2.75) is 56.7 Å². The molecular weight excluding hydrogens is 420 g/mol. The molecule has 1 aromatic carbocycles. The topological polar surface area (TPSA) is 93.8 Å². The van der Waals surface area contributed by atoms with Crippen LogP contribution in [0.25, 0.3) is 0 Å². The number of piperazine rings is 1. The van der Waals surface area contributed by atoms with E-state index < -0.39 is 17.7 Å². The molecule has 3 N–H and O–H groups in total. The molecule has 4 amide bonds. The van der Waals surface area contributed by atoms with E-state index >= 15 is 0 Å². The number of fused-ring (bicyclic) bond motifs is 1. The van der Waals surface area contributed by atoms with Gasteiger partial charge in [0, 0.05) is 50.7 Å². The third-order valence-electron chi connectivity index (χ3n) is 6.54. The molecule has 4 rings (SSSR count). The van der Waals surface area contributed by atoms with Gasteiger partial charge in [0.1, 0.15) is 11.6 Å². The van der Waals surface area contributed by atoms with Gasteiger partial charge in [-0.05, 0) is 44.2 Å². The summed E-state index contributed by atoms with van der Waals surface area (Å²) in [5, 5.41) is 8.07. The van der Waals surface area contributed by atoms with Crippen molar-refractivity contribution in [2.24, 2.45) is 0 Å². The van der Waals surface area contributed by atoms with Crippen molar-refractivity contribution in [3.8, 4) is 0 Å². The van der Waals surface area contributed by atoms with Crippen LogP contribution in [0.2, 0.25) is 0 Å². The normalized spacial score (nSPS) is 25.8. The molecule has 3 saturated heterocycles. The second kappa shape index (κ2) is 9.81. The van der Waals surface area contributed by atoms with Crippen LogP contribution in [0.15, 0.2) is 18.2 Å². The fourth-order valence-corrected chi connectivity index (χ4v) is 4.87. The van der Waals surface area contributed by atoms with E-state index in [2.05, 4.69) is 20.9 Å². The molecule has 0 aromatic heterocycles. The van der Waals surface area contributed by atoms with Crippen molar-refractivity contribution in [1.29, 1.82) is 0 Å². The zero-order valence-electron chi connectivity index (χ0n) is 17.9. The van der Waals surface area contributed by atoms with Crippen molar-refractivity contribution in [1.82, 2.24) is 20.4 Å². The van der Waals surface area contributed by atoms with Gasteiger partial charge in [0.2, 0.25) is 11.8 Å². The van der Waals surface area contributed by atoms with E-state index in [-0.39, 0.29) is 35.6 Å². The zero-order valence-corrected chi connectivity index (χ0v) is 17.9. The quantitative estimate of drug-likeness (QED) is 0.639. The highest BCUT2D eigenvalue weighted by molar-refractivity contribution is 5.90. The number of piperidine rings is 1. The van der Waals surface area contributed by atoms with E-state index in [0.29, 0.717) is 38.4 Å². The van der Waals surface area contributed by atoms with E-state index in [4.69, 9.17) is 0 Å². The number of hydrogen-bond donors (Lipinski definition) is 3. The van der Waals surface area contributed by atoms with Crippen LogP contribution in [0.1, 0.15) is 38.5 Å². The third kappa shape index (κ3) is 5.17. The lowest BCUT2D eigenvalue weighted by Gasteiger charge is -2.37. The van der Waals surface area contributed by atoms with Crippen molar-refractivity contribution >= 4 is 23.5 Å². The number of nitrogens with one attached hydrogen (secondary N) is 3. The van der Waals surface area contributed by atoms with Gasteiger partial charge in [0.05, 0.1) is 11.7 Å². The Morgan fingerprint density at radius 2 is 1.94 bits per heavy atom. The Morgan fingerprint density at radius 1 is 1.16 bits per heavy atom. The number of hydrogen-bond acceptors (Lipinski definition) is 4. The van der Waals surface area contributed by atoms with Gasteiger partial charge in [-0.3, -0.25) is 14.5 Å². The molecule has 3 aliphatic heterocycles. The molecule has 0 saturated carbocycles. The first kappa shape index (κ1) is 22.4. The van der Waals surface area contributed by atoms with Crippen LogP contribution in [0, 0.1) is 11.6 Å². The number of urea groups is 1. The summed E-state index contributed by atoms with van der Waals surface area (Å²) in [5.74, 6) is -1.51. The first-order valence-electron chi connectivity index (χ1n) is 11.2. The van der Waals surface area contributed by atoms with Gasteiger partial charge in [-0.2, -0.15) is 0 Å². The predicted molar refractivity (Wildman–Crippen MR) is 114 cm³/mol. The van der Waals surface area contributed by atoms with Crippen LogP contribution in [0.4, 0.5) is 19.3 Å². The minimum atomic E-state index is -0.859. The Balaban J connectivity index is 1.31. The maximum Gasteiger partial charge on any atom is 0.319 e. The SMILES string of the molecule is O=C(Nc1ccc(F)cc1F)N[C@@H]1C[C@H]2C(=O)NC[C@@H](CCC(=O)N3CCCCC3)N2C1. The number of rotatable bonds is 5. The highest BCUT2D eigenvalue weighted by atomic mass is 19.1. The zero-order chi connectivity index (χ0) is 22.7. The Labute approximate surface area is 185 Å². The summed E-state index contributed by atoms with van der Waals surface area (Å²) >= 11 is 0. The van der Waals surface area contributed by atoms with Gasteiger partial charge in [-0.25, -0.2) is 13.6 Å². The average Bonchev–Trinajstić information content (AvgIpc) is 3.20. The first-order valence-corrected chi connectivity index (χ1v) is 11.2. The maximum atomic E-state index is 13.8. The summed E-state index contributed by atoms with van der Waals surface area (Å²) in [6.45, 7) is 2.59. The largest absolute Gasteiger partial charge is 0.353 e. The lowest BCUT2D eigenvalue weighted by molar-refractivity contribution is -0.133. The highest BCUT2D eigenvalue weighted by Gasteiger charge is 2.43. The minimum absolute atomic E-state index is 0.0239. The molecule has 32 heavy (non-hydrogen) atoms. The number of nitrogens with zero attached hydrogens (tertiary/aromatic N) is 2. The lowest BCUT2D eigenvalue weighted by Crippen LogP contribution is -2.58. The van der Waals surface area contributed by atoms with E-state index in [1.165, 1.54) is 6.42 Å².